The molecule has 0 aliphatic carbocycles. The second-order valence-electron chi connectivity index (χ2n) is 18.7. The number of aldehydes is 2. The topological polar surface area (TPSA) is 122 Å². The summed E-state index contributed by atoms with van der Waals surface area (Å²) in [6.45, 7) is 17.6. The summed E-state index contributed by atoms with van der Waals surface area (Å²) >= 11 is 0. The number of nitrogens with zero attached hydrogens (tertiary/aromatic N) is 2. The van der Waals surface area contributed by atoms with Gasteiger partial charge in [0.05, 0.1) is 45.6 Å². The zero-order valence-electron chi connectivity index (χ0n) is 40.4. The molecular weight excluding hydrogens is 837 g/mol. The lowest BCUT2D eigenvalue weighted by molar-refractivity contribution is 0.111. The summed E-state index contributed by atoms with van der Waals surface area (Å²) in [5, 5.41) is 0. The van der Waals surface area contributed by atoms with Crippen molar-refractivity contribution in [3.8, 4) is 22.5 Å². The molecule has 0 unspecified atom stereocenters. The fourth-order valence-electron chi connectivity index (χ4n) is 10.2. The number of aromatic amines is 4. The molecule has 8 heteroatoms. The van der Waals surface area contributed by atoms with E-state index in [0.717, 1.165) is 129 Å². The number of aromatic nitrogens is 4. The molecule has 8 nitrogen and oxygen atoms in total. The Morgan fingerprint density at radius 2 is 0.868 bits per heavy atom. The molecular formula is C60H60N6O2. The summed E-state index contributed by atoms with van der Waals surface area (Å²) < 4.78 is 0. The van der Waals surface area contributed by atoms with Crippen molar-refractivity contribution in [3.05, 3.63) is 212 Å². The van der Waals surface area contributed by atoms with Gasteiger partial charge in [-0.05, 0) is 153 Å². The van der Waals surface area contributed by atoms with Crippen molar-refractivity contribution in [2.45, 2.75) is 91.9 Å². The highest BCUT2D eigenvalue weighted by Gasteiger charge is 2.33. The molecule has 0 amide bonds. The van der Waals surface area contributed by atoms with E-state index in [9.17, 15) is 9.59 Å². The van der Waals surface area contributed by atoms with E-state index in [1.54, 1.807) is 0 Å². The van der Waals surface area contributed by atoms with Crippen molar-refractivity contribution in [3.63, 3.8) is 0 Å². The van der Waals surface area contributed by atoms with Gasteiger partial charge in [-0.15, -0.1) is 0 Å². The van der Waals surface area contributed by atoms with Gasteiger partial charge in [0, 0.05) is 44.8 Å². The van der Waals surface area contributed by atoms with Crippen LogP contribution < -0.4 is 0 Å². The third kappa shape index (κ3) is 8.08. The monoisotopic (exact) mass is 896 g/mol. The Morgan fingerprint density at radius 3 is 1.22 bits per heavy atom. The molecule has 0 fully saturated rings. The SMILES string of the molecule is CCc1c(/C(=C2\C=CC(C(C)(C)c3ccc(C=O)[nH]3)=N2)c2ccccc2)[nH]c(-c2cccc(-c3[nH]c(/C(=C4\C=CC(C(C)(C)c5ccc(C=O)[nH]5)=N4)c4ccccc4)c(CC)c3CC)c2)c1CC. The van der Waals surface area contributed by atoms with E-state index in [0.29, 0.717) is 11.4 Å². The van der Waals surface area contributed by atoms with Gasteiger partial charge in [0.25, 0.3) is 0 Å². The highest BCUT2D eigenvalue weighted by atomic mass is 16.1. The first kappa shape index (κ1) is 45.6. The molecule has 0 saturated heterocycles. The smallest absolute Gasteiger partial charge is 0.166 e. The van der Waals surface area contributed by atoms with Gasteiger partial charge >= 0.3 is 0 Å². The van der Waals surface area contributed by atoms with E-state index in [1.807, 2.05) is 24.3 Å². The minimum absolute atomic E-state index is 0.456. The zero-order valence-corrected chi connectivity index (χ0v) is 40.4. The number of aliphatic imine (C=N–C) groups is 2. The largest absolute Gasteiger partial charge is 0.355 e. The van der Waals surface area contributed by atoms with E-state index < -0.39 is 10.8 Å². The van der Waals surface area contributed by atoms with Crippen LogP contribution in [-0.4, -0.2) is 43.9 Å². The van der Waals surface area contributed by atoms with Crippen LogP contribution in [0, 0.1) is 0 Å². The quantitative estimate of drug-likeness (QED) is 0.0722. The van der Waals surface area contributed by atoms with Gasteiger partial charge in [-0.2, -0.15) is 0 Å². The van der Waals surface area contributed by atoms with Crippen LogP contribution in [0.1, 0.15) is 133 Å². The van der Waals surface area contributed by atoms with Crippen LogP contribution in [0.2, 0.25) is 0 Å². The molecule has 0 radical (unpaired) electrons. The fourth-order valence-corrected chi connectivity index (χ4v) is 10.2. The molecule has 0 saturated carbocycles. The number of nitrogens with one attached hydrogen (secondary N) is 4. The maximum atomic E-state index is 11.6. The molecule has 0 spiro atoms. The highest BCUT2D eigenvalue weighted by Crippen LogP contribution is 2.43. The summed E-state index contributed by atoms with van der Waals surface area (Å²) in [5.41, 5.74) is 21.8. The Morgan fingerprint density at radius 1 is 0.471 bits per heavy atom. The second kappa shape index (κ2) is 18.6. The second-order valence-corrected chi connectivity index (χ2v) is 18.7. The first-order valence-corrected chi connectivity index (χ1v) is 24.0. The summed E-state index contributed by atoms with van der Waals surface area (Å²) in [7, 11) is 0. The number of carbonyl (C=O) groups is 2. The van der Waals surface area contributed by atoms with E-state index in [1.165, 1.54) is 22.3 Å². The Kier molecular flexibility index (Phi) is 12.5. The predicted molar refractivity (Wildman–Crippen MR) is 280 cm³/mol. The minimum Gasteiger partial charge on any atom is -0.355 e. The molecule has 6 heterocycles. The van der Waals surface area contributed by atoms with E-state index >= 15 is 0 Å². The first-order valence-electron chi connectivity index (χ1n) is 24.0. The number of benzene rings is 3. The van der Waals surface area contributed by atoms with E-state index in [4.69, 9.17) is 9.98 Å². The number of carbonyl (C=O) groups excluding carboxylic acids is 2. The molecule has 3 aromatic carbocycles. The molecule has 4 aromatic heterocycles. The third-order valence-corrected chi connectivity index (χ3v) is 14.0. The summed E-state index contributed by atoms with van der Waals surface area (Å²) in [4.78, 5) is 48.5. The highest BCUT2D eigenvalue weighted by molar-refractivity contribution is 6.08. The van der Waals surface area contributed by atoms with Crippen molar-refractivity contribution in [1.82, 2.24) is 19.9 Å². The van der Waals surface area contributed by atoms with E-state index in [-0.39, 0.29) is 0 Å². The lowest BCUT2D eigenvalue weighted by atomic mass is 9.84. The number of hydrogen-bond donors (Lipinski definition) is 4. The normalized spacial score (nSPS) is 15.2. The van der Waals surface area contributed by atoms with Gasteiger partial charge in [-0.1, -0.05) is 107 Å². The molecule has 342 valence electrons. The number of hydrogen-bond acceptors (Lipinski definition) is 4. The van der Waals surface area contributed by atoms with Crippen LogP contribution in [0.15, 0.2) is 155 Å². The van der Waals surface area contributed by atoms with Gasteiger partial charge in [-0.3, -0.25) is 19.6 Å². The molecule has 2 aliphatic rings. The van der Waals surface area contributed by atoms with E-state index in [2.05, 4.69) is 185 Å². The lowest BCUT2D eigenvalue weighted by Gasteiger charge is -2.22. The van der Waals surface area contributed by atoms with Crippen molar-refractivity contribution >= 4 is 35.1 Å². The van der Waals surface area contributed by atoms with Crippen LogP contribution in [0.4, 0.5) is 0 Å². The Labute approximate surface area is 399 Å². The average Bonchev–Trinajstić information content (AvgIpc) is 4.24. The number of H-pyrrole nitrogens is 4. The first-order chi connectivity index (χ1) is 32.9. The molecule has 7 aromatic rings. The zero-order chi connectivity index (χ0) is 47.7. The van der Waals surface area contributed by atoms with Crippen molar-refractivity contribution in [1.29, 1.82) is 0 Å². The summed E-state index contributed by atoms with van der Waals surface area (Å²) in [6, 6.07) is 37.7. The predicted octanol–water partition coefficient (Wildman–Crippen LogP) is 13.7. The van der Waals surface area contributed by atoms with Crippen molar-refractivity contribution < 1.29 is 9.59 Å². The summed E-state index contributed by atoms with van der Waals surface area (Å²) in [6.07, 6.45) is 13.6. The van der Waals surface area contributed by atoms with Crippen LogP contribution in [0.5, 0.6) is 0 Å². The Bertz CT molecular complexity index is 3030. The third-order valence-electron chi connectivity index (χ3n) is 14.0. The van der Waals surface area contributed by atoms with Gasteiger partial charge in [0.1, 0.15) is 0 Å². The molecule has 9 rings (SSSR count). The molecule has 0 bridgehead atoms. The van der Waals surface area contributed by atoms with Crippen molar-refractivity contribution in [2.24, 2.45) is 9.98 Å². The fraction of sp³-hybridized carbons (Fsp3) is 0.233. The Balaban J connectivity index is 1.17. The van der Waals surface area contributed by atoms with Gasteiger partial charge in [0.15, 0.2) is 12.6 Å². The van der Waals surface area contributed by atoms with Crippen LogP contribution in [-0.2, 0) is 36.5 Å². The van der Waals surface area contributed by atoms with Crippen LogP contribution in [0.25, 0.3) is 33.7 Å². The van der Waals surface area contributed by atoms with Gasteiger partial charge in [0.2, 0.25) is 0 Å². The Hall–Kier alpha value is -7.58. The standard InChI is InChI=1S/C60H60N6O2/c1-9-43-45(11-3)57(53(37-20-15-13-16-21-37)47-28-32-51(63-47)59(5,6)49-30-26-41(35-67)61-49)65-55(43)39-24-19-25-40(34-39)56-44(10-2)46(12-4)58(66-56)54(38-22-17-14-18-23-38)48-29-33-52(64-48)60(7,8)50-31-27-42(36-68)62-50/h13-36,61-62,65-66H,9-12H2,1-8H3/b53-47+,54-48+. The van der Waals surface area contributed by atoms with Gasteiger partial charge in [-0.25, -0.2) is 0 Å². The molecule has 0 atom stereocenters. The molecule has 4 N–H and O–H groups in total. The average molecular weight is 897 g/mol. The molecule has 2 aliphatic heterocycles. The number of allylic oxidation sites excluding steroid dienone is 4. The minimum atomic E-state index is -0.456. The van der Waals surface area contributed by atoms with Crippen molar-refractivity contribution in [2.75, 3.05) is 0 Å². The maximum absolute atomic E-state index is 11.6. The van der Waals surface area contributed by atoms with Crippen LogP contribution >= 0.6 is 0 Å². The molecule has 68 heavy (non-hydrogen) atoms. The number of rotatable bonds is 16. The maximum Gasteiger partial charge on any atom is 0.166 e. The summed E-state index contributed by atoms with van der Waals surface area (Å²) in [5.74, 6) is 0. The lowest BCUT2D eigenvalue weighted by Crippen LogP contribution is -2.27. The van der Waals surface area contributed by atoms with Crippen LogP contribution in [0.3, 0.4) is 0 Å². The van der Waals surface area contributed by atoms with Gasteiger partial charge < -0.3 is 19.9 Å².